The number of thiazole rings is 1. The quantitative estimate of drug-likeness (QED) is 0.671. The van der Waals surface area contributed by atoms with Gasteiger partial charge in [0, 0.05) is 21.7 Å². The lowest BCUT2D eigenvalue weighted by Crippen LogP contribution is -1.91. The van der Waals surface area contributed by atoms with Crippen molar-refractivity contribution in [3.63, 3.8) is 0 Å². The van der Waals surface area contributed by atoms with Gasteiger partial charge in [-0.1, -0.05) is 6.92 Å². The van der Waals surface area contributed by atoms with E-state index in [4.69, 9.17) is 10.5 Å². The zero-order valence-electron chi connectivity index (χ0n) is 10.5. The SMILES string of the molecule is CCc1nc(CSc2cc(OC)ccc2N)cs1. The van der Waals surface area contributed by atoms with Crippen molar-refractivity contribution >= 4 is 28.8 Å². The molecule has 1 aromatic heterocycles. The third-order valence-electron chi connectivity index (χ3n) is 2.50. The zero-order valence-corrected chi connectivity index (χ0v) is 12.1. The zero-order chi connectivity index (χ0) is 13.0. The number of ether oxygens (including phenoxy) is 1. The van der Waals surface area contributed by atoms with Gasteiger partial charge in [-0.25, -0.2) is 4.98 Å². The van der Waals surface area contributed by atoms with Crippen molar-refractivity contribution in [3.05, 3.63) is 34.3 Å². The van der Waals surface area contributed by atoms with Gasteiger partial charge in [0.15, 0.2) is 0 Å². The third kappa shape index (κ3) is 3.17. The van der Waals surface area contributed by atoms with Crippen LogP contribution in [-0.2, 0) is 12.2 Å². The molecule has 96 valence electrons. The van der Waals surface area contributed by atoms with E-state index in [-0.39, 0.29) is 0 Å². The average molecular weight is 280 g/mol. The molecule has 0 radical (unpaired) electrons. The van der Waals surface area contributed by atoms with Gasteiger partial charge in [0.1, 0.15) is 5.75 Å². The van der Waals surface area contributed by atoms with Crippen LogP contribution in [0.2, 0.25) is 0 Å². The molecule has 0 saturated carbocycles. The summed E-state index contributed by atoms with van der Waals surface area (Å²) in [5.74, 6) is 1.67. The van der Waals surface area contributed by atoms with Crippen LogP contribution in [0.1, 0.15) is 17.6 Å². The molecule has 1 aromatic carbocycles. The van der Waals surface area contributed by atoms with Crippen LogP contribution in [0.15, 0.2) is 28.5 Å². The smallest absolute Gasteiger partial charge is 0.120 e. The van der Waals surface area contributed by atoms with Crippen LogP contribution < -0.4 is 10.5 Å². The lowest BCUT2D eigenvalue weighted by Gasteiger charge is -2.06. The van der Waals surface area contributed by atoms with Gasteiger partial charge in [-0.2, -0.15) is 0 Å². The number of thioether (sulfide) groups is 1. The number of aryl methyl sites for hydroxylation is 1. The Labute approximate surface area is 115 Å². The standard InChI is InChI=1S/C13H16N2OS2/c1-3-13-15-9(8-18-13)7-17-12-6-10(16-2)4-5-11(12)14/h4-6,8H,3,7,14H2,1-2H3. The number of methoxy groups -OCH3 is 1. The minimum Gasteiger partial charge on any atom is -0.497 e. The van der Waals surface area contributed by atoms with Crippen molar-refractivity contribution in [2.45, 2.75) is 24.0 Å². The van der Waals surface area contributed by atoms with Gasteiger partial charge in [0.25, 0.3) is 0 Å². The first kappa shape index (κ1) is 13.2. The number of rotatable bonds is 5. The first-order valence-corrected chi connectivity index (χ1v) is 7.59. The predicted octanol–water partition coefficient (Wildman–Crippen LogP) is 3.59. The van der Waals surface area contributed by atoms with E-state index >= 15 is 0 Å². The van der Waals surface area contributed by atoms with Crippen LogP contribution in [0.4, 0.5) is 5.69 Å². The number of hydrogen-bond donors (Lipinski definition) is 1. The highest BCUT2D eigenvalue weighted by atomic mass is 32.2. The Bertz CT molecular complexity index is 525. The average Bonchev–Trinajstić information content (AvgIpc) is 2.86. The molecule has 2 aromatic rings. The minimum atomic E-state index is 0.784. The molecule has 0 unspecified atom stereocenters. The molecule has 0 atom stereocenters. The fourth-order valence-electron chi connectivity index (χ4n) is 1.50. The first-order chi connectivity index (χ1) is 8.72. The van der Waals surface area contributed by atoms with Crippen LogP contribution >= 0.6 is 23.1 Å². The second-order valence-electron chi connectivity index (χ2n) is 3.78. The molecular formula is C13H16N2OS2. The van der Waals surface area contributed by atoms with E-state index in [0.717, 1.165) is 34.2 Å². The van der Waals surface area contributed by atoms with Crippen molar-refractivity contribution in [3.8, 4) is 5.75 Å². The number of aromatic nitrogens is 1. The summed E-state index contributed by atoms with van der Waals surface area (Å²) in [5, 5.41) is 3.30. The van der Waals surface area contributed by atoms with E-state index in [2.05, 4.69) is 17.3 Å². The Morgan fingerprint density at radius 2 is 2.28 bits per heavy atom. The molecule has 0 bridgehead atoms. The van der Waals surface area contributed by atoms with Gasteiger partial charge in [0.2, 0.25) is 0 Å². The van der Waals surface area contributed by atoms with E-state index in [9.17, 15) is 0 Å². The highest BCUT2D eigenvalue weighted by Gasteiger charge is 2.05. The summed E-state index contributed by atoms with van der Waals surface area (Å²) in [6, 6.07) is 5.71. The summed E-state index contributed by atoms with van der Waals surface area (Å²) in [6.45, 7) is 2.12. The van der Waals surface area contributed by atoms with Gasteiger partial charge in [-0.3, -0.25) is 0 Å². The number of hydrogen-bond acceptors (Lipinski definition) is 5. The maximum atomic E-state index is 5.95. The highest BCUT2D eigenvalue weighted by molar-refractivity contribution is 7.98. The van der Waals surface area contributed by atoms with Crippen molar-refractivity contribution in [2.75, 3.05) is 12.8 Å². The molecule has 2 N–H and O–H groups in total. The molecule has 0 aliphatic rings. The monoisotopic (exact) mass is 280 g/mol. The lowest BCUT2D eigenvalue weighted by atomic mass is 10.3. The second-order valence-corrected chi connectivity index (χ2v) is 5.74. The molecule has 2 rings (SSSR count). The molecule has 0 aliphatic carbocycles. The third-order valence-corrected chi connectivity index (χ3v) is 4.64. The topological polar surface area (TPSA) is 48.1 Å². The molecule has 0 aliphatic heterocycles. The Hall–Kier alpha value is -1.20. The van der Waals surface area contributed by atoms with Gasteiger partial charge < -0.3 is 10.5 Å². The molecule has 0 amide bonds. The molecule has 0 saturated heterocycles. The van der Waals surface area contributed by atoms with Gasteiger partial charge in [-0.05, 0) is 24.6 Å². The molecular weight excluding hydrogens is 264 g/mol. The van der Waals surface area contributed by atoms with E-state index in [1.54, 1.807) is 30.2 Å². The van der Waals surface area contributed by atoms with Gasteiger partial charge >= 0.3 is 0 Å². The maximum Gasteiger partial charge on any atom is 0.120 e. The Morgan fingerprint density at radius 1 is 1.44 bits per heavy atom. The van der Waals surface area contributed by atoms with E-state index in [1.807, 2.05) is 18.2 Å². The van der Waals surface area contributed by atoms with Crippen molar-refractivity contribution in [1.29, 1.82) is 0 Å². The summed E-state index contributed by atoms with van der Waals surface area (Å²) in [5.41, 5.74) is 7.84. The van der Waals surface area contributed by atoms with Crippen LogP contribution in [0.25, 0.3) is 0 Å². The summed E-state index contributed by atoms with van der Waals surface area (Å²) in [6.07, 6.45) is 0.997. The highest BCUT2D eigenvalue weighted by Crippen LogP contribution is 2.31. The molecule has 0 fully saturated rings. The van der Waals surface area contributed by atoms with Crippen LogP contribution in [0.3, 0.4) is 0 Å². The van der Waals surface area contributed by atoms with Gasteiger partial charge in [-0.15, -0.1) is 23.1 Å². The summed E-state index contributed by atoms with van der Waals surface area (Å²) < 4.78 is 5.20. The minimum absolute atomic E-state index is 0.784. The van der Waals surface area contributed by atoms with E-state index < -0.39 is 0 Å². The lowest BCUT2D eigenvalue weighted by molar-refractivity contribution is 0.414. The maximum absolute atomic E-state index is 5.95. The summed E-state index contributed by atoms with van der Waals surface area (Å²) >= 11 is 3.41. The molecule has 0 spiro atoms. The molecule has 18 heavy (non-hydrogen) atoms. The number of nitrogen functional groups attached to an aromatic ring is 1. The number of anilines is 1. The van der Waals surface area contributed by atoms with Crippen molar-refractivity contribution < 1.29 is 4.74 Å². The summed E-state index contributed by atoms with van der Waals surface area (Å²) in [7, 11) is 1.66. The predicted molar refractivity (Wildman–Crippen MR) is 78.5 cm³/mol. The number of benzene rings is 1. The molecule has 5 heteroatoms. The Morgan fingerprint density at radius 3 is 2.94 bits per heavy atom. The van der Waals surface area contributed by atoms with Crippen LogP contribution in [0, 0.1) is 0 Å². The Kier molecular flexibility index (Phi) is 4.49. The fourth-order valence-corrected chi connectivity index (χ4v) is 3.23. The van der Waals surface area contributed by atoms with Crippen molar-refractivity contribution in [1.82, 2.24) is 4.98 Å². The fraction of sp³-hybridized carbons (Fsp3) is 0.308. The van der Waals surface area contributed by atoms with Crippen LogP contribution in [-0.4, -0.2) is 12.1 Å². The number of nitrogens with zero attached hydrogens (tertiary/aromatic N) is 1. The molecule has 1 heterocycles. The number of nitrogens with two attached hydrogens (primary N) is 1. The normalized spacial score (nSPS) is 10.6. The van der Waals surface area contributed by atoms with Crippen molar-refractivity contribution in [2.24, 2.45) is 0 Å². The van der Waals surface area contributed by atoms with E-state index in [1.165, 1.54) is 5.01 Å². The largest absolute Gasteiger partial charge is 0.497 e. The second kappa shape index (κ2) is 6.11. The van der Waals surface area contributed by atoms with E-state index in [0.29, 0.717) is 0 Å². The Balaban J connectivity index is 2.05. The van der Waals surface area contributed by atoms with Crippen LogP contribution in [0.5, 0.6) is 5.75 Å². The van der Waals surface area contributed by atoms with Gasteiger partial charge in [0.05, 0.1) is 17.8 Å². The first-order valence-electron chi connectivity index (χ1n) is 5.72. The summed E-state index contributed by atoms with van der Waals surface area (Å²) in [4.78, 5) is 5.58. The molecule has 3 nitrogen and oxygen atoms in total.